The maximum Gasteiger partial charge on any atom is 0.416 e. The fourth-order valence-electron chi connectivity index (χ4n) is 2.79. The first-order chi connectivity index (χ1) is 9.90. The van der Waals surface area contributed by atoms with Crippen molar-refractivity contribution in [2.75, 3.05) is 24.5 Å². The minimum absolute atomic E-state index is 0.388. The van der Waals surface area contributed by atoms with Gasteiger partial charge in [-0.15, -0.1) is 0 Å². The molecule has 1 aromatic carbocycles. The highest BCUT2D eigenvalue weighted by Crippen LogP contribution is 2.35. The number of alkyl halides is 3. The van der Waals surface area contributed by atoms with Gasteiger partial charge in [-0.1, -0.05) is 0 Å². The van der Waals surface area contributed by atoms with Crippen LogP contribution in [-0.2, 0) is 10.9 Å². The topological polar surface area (TPSA) is 41.6 Å². The molecule has 0 radical (unpaired) electrons. The van der Waals surface area contributed by atoms with Crippen LogP contribution in [0.25, 0.3) is 0 Å². The molecule has 3 rings (SSSR count). The molecule has 0 bridgehead atoms. The highest BCUT2D eigenvalue weighted by Gasteiger charge is 2.46. The quantitative estimate of drug-likeness (QED) is 0.867. The molecule has 7 heteroatoms. The molecule has 114 valence electrons. The molecule has 0 unspecified atom stereocenters. The summed E-state index contributed by atoms with van der Waals surface area (Å²) < 4.78 is 43.1. The minimum Gasteiger partial charge on any atom is -0.441 e. The zero-order valence-corrected chi connectivity index (χ0v) is 11.2. The van der Waals surface area contributed by atoms with Gasteiger partial charge in [0, 0.05) is 18.5 Å². The molecule has 0 atom stereocenters. The summed E-state index contributed by atoms with van der Waals surface area (Å²) in [6.07, 6.45) is -3.43. The van der Waals surface area contributed by atoms with Crippen LogP contribution in [0.1, 0.15) is 18.4 Å². The van der Waals surface area contributed by atoms with Crippen molar-refractivity contribution in [2.24, 2.45) is 0 Å². The number of hydrogen-bond acceptors (Lipinski definition) is 3. The monoisotopic (exact) mass is 300 g/mol. The molecule has 1 amide bonds. The Kier molecular flexibility index (Phi) is 3.32. The second-order valence-electron chi connectivity index (χ2n) is 5.43. The summed E-state index contributed by atoms with van der Waals surface area (Å²) in [5.41, 5.74) is -0.802. The third-order valence-electron chi connectivity index (χ3n) is 3.99. The van der Waals surface area contributed by atoms with Crippen LogP contribution in [0.5, 0.6) is 0 Å². The number of rotatable bonds is 1. The first kappa shape index (κ1) is 14.2. The Morgan fingerprint density at radius 1 is 1.14 bits per heavy atom. The summed E-state index contributed by atoms with van der Waals surface area (Å²) in [6, 6.07) is 4.58. The number of nitrogens with zero attached hydrogens (tertiary/aromatic N) is 1. The molecule has 1 N–H and O–H groups in total. The van der Waals surface area contributed by atoms with Crippen LogP contribution in [0, 0.1) is 0 Å². The van der Waals surface area contributed by atoms with E-state index in [1.54, 1.807) is 0 Å². The van der Waals surface area contributed by atoms with Gasteiger partial charge < -0.3 is 10.1 Å². The van der Waals surface area contributed by atoms with E-state index < -0.39 is 23.4 Å². The Bertz CT molecular complexity index is 536. The normalized spacial score (nSPS) is 21.7. The predicted octanol–water partition coefficient (Wildman–Crippen LogP) is 2.78. The third-order valence-corrected chi connectivity index (χ3v) is 3.99. The van der Waals surface area contributed by atoms with E-state index in [1.807, 2.05) is 0 Å². The van der Waals surface area contributed by atoms with Gasteiger partial charge in [-0.3, -0.25) is 4.90 Å². The number of hydrogen-bond donors (Lipinski definition) is 1. The number of piperidine rings is 1. The lowest BCUT2D eigenvalue weighted by atomic mass is 9.92. The highest BCUT2D eigenvalue weighted by molar-refractivity contribution is 5.90. The van der Waals surface area contributed by atoms with Crippen LogP contribution >= 0.6 is 0 Å². The zero-order chi connectivity index (χ0) is 15.1. The van der Waals surface area contributed by atoms with E-state index in [9.17, 15) is 18.0 Å². The van der Waals surface area contributed by atoms with Crippen LogP contribution in [-0.4, -0.2) is 31.3 Å². The Morgan fingerprint density at radius 3 is 2.33 bits per heavy atom. The lowest BCUT2D eigenvalue weighted by Gasteiger charge is -2.31. The largest absolute Gasteiger partial charge is 0.441 e. The number of anilines is 1. The Hall–Kier alpha value is -1.76. The van der Waals surface area contributed by atoms with E-state index >= 15 is 0 Å². The average Bonchev–Trinajstić information content (AvgIpc) is 2.75. The van der Waals surface area contributed by atoms with Gasteiger partial charge in [0.2, 0.25) is 0 Å². The van der Waals surface area contributed by atoms with E-state index in [-0.39, 0.29) is 0 Å². The van der Waals surface area contributed by atoms with Crippen molar-refractivity contribution in [3.8, 4) is 0 Å². The number of halogens is 3. The van der Waals surface area contributed by atoms with Gasteiger partial charge in [0.25, 0.3) is 0 Å². The molecule has 2 aliphatic rings. The van der Waals surface area contributed by atoms with Crippen LogP contribution < -0.4 is 10.2 Å². The molecule has 0 aromatic heterocycles. The van der Waals surface area contributed by atoms with E-state index in [1.165, 1.54) is 17.0 Å². The number of carbonyl (C=O) groups excluding carboxylic acids is 1. The molecule has 21 heavy (non-hydrogen) atoms. The molecule has 2 aliphatic heterocycles. The molecule has 2 saturated heterocycles. The van der Waals surface area contributed by atoms with Crippen LogP contribution in [0.2, 0.25) is 0 Å². The first-order valence-electron chi connectivity index (χ1n) is 6.78. The van der Waals surface area contributed by atoms with Gasteiger partial charge in [0.05, 0.1) is 12.1 Å². The summed E-state index contributed by atoms with van der Waals surface area (Å²) in [5.74, 6) is 0. The average molecular weight is 300 g/mol. The number of nitrogens with one attached hydrogen (secondary N) is 1. The van der Waals surface area contributed by atoms with Gasteiger partial charge in [0.15, 0.2) is 0 Å². The number of ether oxygens (including phenoxy) is 1. The summed E-state index contributed by atoms with van der Waals surface area (Å²) in [7, 11) is 0. The SMILES string of the molecule is O=C1OC2(CCNCC2)CN1c1ccc(C(F)(F)F)cc1. The number of amides is 1. The van der Waals surface area contributed by atoms with Crippen molar-refractivity contribution in [3.63, 3.8) is 0 Å². The van der Waals surface area contributed by atoms with Gasteiger partial charge in [-0.25, -0.2) is 4.79 Å². The number of benzene rings is 1. The standard InChI is InChI=1S/C14H15F3N2O2/c15-14(16,17)10-1-3-11(4-2-10)19-9-13(21-12(19)20)5-7-18-8-6-13/h1-4,18H,5-9H2. The summed E-state index contributed by atoms with van der Waals surface area (Å²) >= 11 is 0. The summed E-state index contributed by atoms with van der Waals surface area (Å²) in [5, 5.41) is 3.19. The van der Waals surface area contributed by atoms with Crippen LogP contribution in [0.15, 0.2) is 24.3 Å². The Morgan fingerprint density at radius 2 is 1.76 bits per heavy atom. The van der Waals surface area contributed by atoms with Gasteiger partial charge in [-0.2, -0.15) is 13.2 Å². The fraction of sp³-hybridized carbons (Fsp3) is 0.500. The van der Waals surface area contributed by atoms with Gasteiger partial charge in [-0.05, 0) is 37.4 Å². The highest BCUT2D eigenvalue weighted by atomic mass is 19.4. The molecular formula is C14H15F3N2O2. The minimum atomic E-state index is -4.37. The predicted molar refractivity (Wildman–Crippen MR) is 70.1 cm³/mol. The maximum atomic E-state index is 12.5. The molecule has 0 saturated carbocycles. The second kappa shape index (κ2) is 4.91. The molecule has 0 aliphatic carbocycles. The summed E-state index contributed by atoms with van der Waals surface area (Å²) in [4.78, 5) is 13.4. The van der Waals surface area contributed by atoms with Crippen molar-refractivity contribution in [3.05, 3.63) is 29.8 Å². The maximum absolute atomic E-state index is 12.5. The third kappa shape index (κ3) is 2.70. The molecular weight excluding hydrogens is 285 g/mol. The van der Waals surface area contributed by atoms with Crippen molar-refractivity contribution in [2.45, 2.75) is 24.6 Å². The molecule has 4 nitrogen and oxygen atoms in total. The van der Waals surface area contributed by atoms with Gasteiger partial charge in [0.1, 0.15) is 5.60 Å². The van der Waals surface area contributed by atoms with Crippen LogP contribution in [0.4, 0.5) is 23.7 Å². The molecule has 1 spiro atoms. The smallest absolute Gasteiger partial charge is 0.416 e. The Labute approximate surface area is 119 Å². The van der Waals surface area contributed by atoms with Gasteiger partial charge >= 0.3 is 12.3 Å². The number of carbonyl (C=O) groups is 1. The lowest BCUT2D eigenvalue weighted by molar-refractivity contribution is -0.137. The van der Waals surface area contributed by atoms with Crippen molar-refractivity contribution in [1.29, 1.82) is 0 Å². The van der Waals surface area contributed by atoms with E-state index in [0.29, 0.717) is 12.2 Å². The molecule has 2 fully saturated rings. The zero-order valence-electron chi connectivity index (χ0n) is 11.2. The lowest BCUT2D eigenvalue weighted by Crippen LogP contribution is -2.44. The molecule has 2 heterocycles. The second-order valence-corrected chi connectivity index (χ2v) is 5.43. The first-order valence-corrected chi connectivity index (χ1v) is 6.78. The summed E-state index contributed by atoms with van der Waals surface area (Å²) in [6.45, 7) is 1.93. The van der Waals surface area contributed by atoms with Crippen molar-refractivity contribution < 1.29 is 22.7 Å². The fourth-order valence-corrected chi connectivity index (χ4v) is 2.79. The van der Waals surface area contributed by atoms with Crippen molar-refractivity contribution in [1.82, 2.24) is 5.32 Å². The Balaban J connectivity index is 1.79. The van der Waals surface area contributed by atoms with E-state index in [0.717, 1.165) is 38.1 Å². The van der Waals surface area contributed by atoms with E-state index in [4.69, 9.17) is 4.74 Å². The van der Waals surface area contributed by atoms with Crippen LogP contribution in [0.3, 0.4) is 0 Å². The van der Waals surface area contributed by atoms with E-state index in [2.05, 4.69) is 5.32 Å². The molecule has 1 aromatic rings. The van der Waals surface area contributed by atoms with Crippen molar-refractivity contribution >= 4 is 11.8 Å².